The zero-order chi connectivity index (χ0) is 27.4. The molecule has 200 valence electrons. The fraction of sp³-hybridized carbons (Fsp3) is 0.441. The molecule has 0 heterocycles. The third kappa shape index (κ3) is 10.1. The van der Waals surface area contributed by atoms with Crippen LogP contribution in [0.3, 0.4) is 0 Å². The quantitative estimate of drug-likeness (QED) is 0.221. The predicted octanol–water partition coefficient (Wildman–Crippen LogP) is 9.61. The lowest BCUT2D eigenvalue weighted by Crippen LogP contribution is -2.34. The van der Waals surface area contributed by atoms with E-state index >= 15 is 0 Å². The van der Waals surface area contributed by atoms with Crippen molar-refractivity contribution in [1.29, 1.82) is 0 Å². The summed E-state index contributed by atoms with van der Waals surface area (Å²) in [7, 11) is 0. The van der Waals surface area contributed by atoms with Gasteiger partial charge in [-0.1, -0.05) is 76.9 Å². The minimum Gasteiger partial charge on any atom is -0.512 e. The molecule has 0 unspecified atom stereocenters. The van der Waals surface area contributed by atoms with Crippen LogP contribution in [0, 0.1) is 5.41 Å². The highest BCUT2D eigenvalue weighted by Gasteiger charge is 2.41. The first-order valence-electron chi connectivity index (χ1n) is 13.5. The van der Waals surface area contributed by atoms with Crippen molar-refractivity contribution < 1.29 is 15.0 Å². The van der Waals surface area contributed by atoms with Gasteiger partial charge in [-0.05, 0) is 92.1 Å². The Hall–Kier alpha value is -3.07. The van der Waals surface area contributed by atoms with Crippen molar-refractivity contribution in [3.63, 3.8) is 0 Å². The van der Waals surface area contributed by atoms with E-state index < -0.39 is 5.41 Å². The fourth-order valence-electron chi connectivity index (χ4n) is 4.58. The summed E-state index contributed by atoms with van der Waals surface area (Å²) in [6.07, 6.45) is 15.9. The Kier molecular flexibility index (Phi) is 11.9. The molecular weight excluding hydrogens is 456 g/mol. The molecule has 1 aromatic rings. The van der Waals surface area contributed by atoms with Crippen molar-refractivity contribution in [3.05, 3.63) is 106 Å². The average molecular weight is 503 g/mol. The van der Waals surface area contributed by atoms with Crippen LogP contribution in [0.15, 0.2) is 100 Å². The van der Waals surface area contributed by atoms with E-state index in [0.717, 1.165) is 31.2 Å². The Morgan fingerprint density at radius 3 is 1.84 bits per heavy atom. The number of rotatable bonds is 12. The number of carbonyl (C=O) groups excluding carboxylic acids is 1. The van der Waals surface area contributed by atoms with Crippen molar-refractivity contribution in [2.24, 2.45) is 5.41 Å². The Morgan fingerprint density at radius 1 is 0.838 bits per heavy atom. The van der Waals surface area contributed by atoms with Gasteiger partial charge >= 0.3 is 0 Å². The molecule has 1 aliphatic rings. The summed E-state index contributed by atoms with van der Waals surface area (Å²) < 4.78 is 0. The molecule has 0 amide bonds. The highest BCUT2D eigenvalue weighted by atomic mass is 16.3. The molecule has 1 aromatic carbocycles. The van der Waals surface area contributed by atoms with Crippen LogP contribution in [-0.2, 0) is 11.2 Å². The lowest BCUT2D eigenvalue weighted by Gasteiger charge is -2.34. The Labute approximate surface area is 224 Å². The smallest absolute Gasteiger partial charge is 0.166 e. The minimum atomic E-state index is -0.720. The molecule has 0 aliphatic heterocycles. The molecule has 0 fully saturated rings. The summed E-state index contributed by atoms with van der Waals surface area (Å²) >= 11 is 0. The maximum absolute atomic E-state index is 13.5. The van der Waals surface area contributed by atoms with Crippen LogP contribution in [0.25, 0.3) is 0 Å². The van der Waals surface area contributed by atoms with E-state index in [9.17, 15) is 15.0 Å². The van der Waals surface area contributed by atoms with Crippen molar-refractivity contribution in [1.82, 2.24) is 0 Å². The second-order valence-corrected chi connectivity index (χ2v) is 11.1. The molecule has 2 N–H and O–H groups in total. The zero-order valence-corrected chi connectivity index (χ0v) is 23.7. The van der Waals surface area contributed by atoms with Crippen molar-refractivity contribution in [2.75, 3.05) is 0 Å². The third-order valence-electron chi connectivity index (χ3n) is 7.04. The van der Waals surface area contributed by atoms with E-state index in [1.165, 1.54) is 28.4 Å². The summed E-state index contributed by atoms with van der Waals surface area (Å²) in [6, 6.07) is 9.71. The van der Waals surface area contributed by atoms with Crippen LogP contribution in [0.1, 0.15) is 92.1 Å². The largest absolute Gasteiger partial charge is 0.512 e. The van der Waals surface area contributed by atoms with Gasteiger partial charge < -0.3 is 10.2 Å². The van der Waals surface area contributed by atoms with Gasteiger partial charge in [-0.3, -0.25) is 4.79 Å². The van der Waals surface area contributed by atoms with Gasteiger partial charge in [-0.25, -0.2) is 0 Å². The number of hydrogen-bond acceptors (Lipinski definition) is 3. The van der Waals surface area contributed by atoms with Gasteiger partial charge in [-0.2, -0.15) is 0 Å². The van der Waals surface area contributed by atoms with E-state index in [0.29, 0.717) is 31.3 Å². The normalized spacial score (nSPS) is 19.8. The second kappa shape index (κ2) is 14.6. The molecule has 0 bridgehead atoms. The highest BCUT2D eigenvalue weighted by Crippen LogP contribution is 2.43. The van der Waals surface area contributed by atoms with E-state index in [4.69, 9.17) is 0 Å². The standard InChI is InChI=1S/C34H46O3/c1-25(2)12-10-14-27(5)18-20-34(21-19-28(6)15-11-13-26(3)4)24-30(32(36)23-33(34)37)31(35)22-29-16-8-7-9-17-29/h7-9,12-13,16-19,23,35-36H,10-11,14-15,20-22,24H2,1-6H3. The average Bonchev–Trinajstić information content (AvgIpc) is 2.83. The number of allylic oxidation sites excluding steroid dienone is 11. The SMILES string of the molecule is CC(C)=CCCC(C)=CCC1(CC=C(C)CCC=C(C)C)CC(=C(O)Cc2ccccc2)C(O)=CC1=O. The number of aliphatic hydroxyl groups is 2. The Bertz CT molecular complexity index is 1060. The van der Waals surface area contributed by atoms with Gasteiger partial charge in [-0.15, -0.1) is 0 Å². The first-order valence-corrected chi connectivity index (χ1v) is 13.5. The molecule has 3 heteroatoms. The van der Waals surface area contributed by atoms with Gasteiger partial charge in [0.1, 0.15) is 11.5 Å². The number of benzene rings is 1. The molecule has 0 atom stereocenters. The summed E-state index contributed by atoms with van der Waals surface area (Å²) in [5.41, 5.74) is 5.86. The molecule has 2 rings (SSSR count). The van der Waals surface area contributed by atoms with Gasteiger partial charge in [0.05, 0.1) is 0 Å². The molecular formula is C34H46O3. The lowest BCUT2D eigenvalue weighted by atomic mass is 9.68. The van der Waals surface area contributed by atoms with Crippen LogP contribution in [0.2, 0.25) is 0 Å². The molecule has 0 saturated carbocycles. The number of carbonyl (C=O) groups is 1. The monoisotopic (exact) mass is 502 g/mol. The van der Waals surface area contributed by atoms with Crippen molar-refractivity contribution in [3.8, 4) is 0 Å². The second-order valence-electron chi connectivity index (χ2n) is 11.1. The highest BCUT2D eigenvalue weighted by molar-refractivity contribution is 5.97. The topological polar surface area (TPSA) is 57.5 Å². The van der Waals surface area contributed by atoms with E-state index in [2.05, 4.69) is 65.8 Å². The number of aliphatic hydroxyl groups excluding tert-OH is 2. The van der Waals surface area contributed by atoms with Gasteiger partial charge in [0, 0.05) is 23.5 Å². The summed E-state index contributed by atoms with van der Waals surface area (Å²) in [6.45, 7) is 12.7. The lowest BCUT2D eigenvalue weighted by molar-refractivity contribution is -0.124. The summed E-state index contributed by atoms with van der Waals surface area (Å²) in [5.74, 6) is -0.0455. The van der Waals surface area contributed by atoms with E-state index in [1.54, 1.807) is 0 Å². The van der Waals surface area contributed by atoms with E-state index in [1.807, 2.05) is 30.3 Å². The van der Waals surface area contributed by atoms with Crippen LogP contribution in [0.4, 0.5) is 0 Å². The van der Waals surface area contributed by atoms with Gasteiger partial charge in [0.2, 0.25) is 0 Å². The van der Waals surface area contributed by atoms with Gasteiger partial charge in [0.25, 0.3) is 0 Å². The van der Waals surface area contributed by atoms with Crippen LogP contribution < -0.4 is 0 Å². The molecule has 37 heavy (non-hydrogen) atoms. The van der Waals surface area contributed by atoms with Crippen molar-refractivity contribution >= 4 is 5.78 Å². The van der Waals surface area contributed by atoms with Gasteiger partial charge in [0.15, 0.2) is 5.78 Å². The first kappa shape index (κ1) is 30.2. The van der Waals surface area contributed by atoms with Crippen LogP contribution in [0.5, 0.6) is 0 Å². The fourth-order valence-corrected chi connectivity index (χ4v) is 4.58. The van der Waals surface area contributed by atoms with Crippen LogP contribution in [-0.4, -0.2) is 16.0 Å². The third-order valence-corrected chi connectivity index (χ3v) is 7.04. The molecule has 3 nitrogen and oxygen atoms in total. The molecule has 0 radical (unpaired) electrons. The van der Waals surface area contributed by atoms with E-state index in [-0.39, 0.29) is 17.3 Å². The molecule has 1 aliphatic carbocycles. The zero-order valence-electron chi connectivity index (χ0n) is 23.7. The number of ketones is 1. The Balaban J connectivity index is 2.37. The molecule has 0 saturated heterocycles. The predicted molar refractivity (Wildman–Crippen MR) is 157 cm³/mol. The summed E-state index contributed by atoms with van der Waals surface area (Å²) in [5, 5.41) is 21.7. The van der Waals surface area contributed by atoms with Crippen LogP contribution >= 0.6 is 0 Å². The first-order chi connectivity index (χ1) is 17.5. The molecule has 0 aromatic heterocycles. The Morgan fingerprint density at radius 2 is 1.35 bits per heavy atom. The summed E-state index contributed by atoms with van der Waals surface area (Å²) in [4.78, 5) is 13.5. The minimum absolute atomic E-state index is 0.0667. The maximum atomic E-state index is 13.5. The van der Waals surface area contributed by atoms with Crippen molar-refractivity contribution in [2.45, 2.75) is 92.9 Å². The number of hydrogen-bond donors (Lipinski definition) is 2. The maximum Gasteiger partial charge on any atom is 0.166 e. The molecule has 0 spiro atoms.